The second-order valence-corrected chi connectivity index (χ2v) is 8.78. The van der Waals surface area contributed by atoms with Crippen molar-refractivity contribution in [2.45, 2.75) is 32.4 Å². The number of benzene rings is 2. The van der Waals surface area contributed by atoms with Gasteiger partial charge in [0.05, 0.1) is 18.2 Å². The quantitative estimate of drug-likeness (QED) is 0.667. The minimum Gasteiger partial charge on any atom is -0.485 e. The standard InChI is InChI=1S/C25H27N3O5/c1-16-7-8-18(13-17(16)2)28-23(29)14-19(24(28)30)26-9-11-27(12-10-26)25(31)22-15-32-20-5-3-4-6-21(20)33-22/h3-8,13,19,22H,9-12,14-15H2,1-2H3/t19-,22-/m1/s1. The Balaban J connectivity index is 1.21. The number of imide groups is 1. The van der Waals surface area contributed by atoms with E-state index in [1.165, 1.54) is 4.90 Å². The van der Waals surface area contributed by atoms with Crippen LogP contribution in [0.3, 0.4) is 0 Å². The Hall–Kier alpha value is -3.39. The van der Waals surface area contributed by atoms with Gasteiger partial charge in [-0.1, -0.05) is 18.2 Å². The third kappa shape index (κ3) is 3.95. The number of nitrogens with zero attached hydrogens (tertiary/aromatic N) is 3. The summed E-state index contributed by atoms with van der Waals surface area (Å²) in [7, 11) is 0. The number of amides is 3. The number of piperazine rings is 1. The number of para-hydroxylation sites is 2. The number of anilines is 1. The Kier molecular flexibility index (Phi) is 5.54. The molecule has 2 atom stereocenters. The van der Waals surface area contributed by atoms with Crippen molar-refractivity contribution in [1.82, 2.24) is 9.80 Å². The molecule has 8 nitrogen and oxygen atoms in total. The predicted octanol–water partition coefficient (Wildman–Crippen LogP) is 1.92. The van der Waals surface area contributed by atoms with Crippen LogP contribution in [0.25, 0.3) is 0 Å². The van der Waals surface area contributed by atoms with Gasteiger partial charge in [-0.05, 0) is 49.2 Å². The van der Waals surface area contributed by atoms with Crippen molar-refractivity contribution in [2.24, 2.45) is 0 Å². The SMILES string of the molecule is Cc1ccc(N2C(=O)C[C@@H](N3CCN(C(=O)[C@H]4COc5ccccc5O4)CC3)C2=O)cc1C. The average molecular weight is 450 g/mol. The van der Waals surface area contributed by atoms with Gasteiger partial charge in [-0.25, -0.2) is 4.90 Å². The van der Waals surface area contributed by atoms with E-state index in [0.29, 0.717) is 43.4 Å². The number of fused-ring (bicyclic) bond motifs is 1. The molecule has 0 bridgehead atoms. The fourth-order valence-electron chi connectivity index (χ4n) is 4.64. The van der Waals surface area contributed by atoms with Crippen LogP contribution in [-0.4, -0.2) is 72.5 Å². The van der Waals surface area contributed by atoms with Crippen molar-refractivity contribution < 1.29 is 23.9 Å². The van der Waals surface area contributed by atoms with Crippen LogP contribution in [0.1, 0.15) is 17.5 Å². The van der Waals surface area contributed by atoms with Crippen molar-refractivity contribution >= 4 is 23.4 Å². The number of carbonyl (C=O) groups excluding carboxylic acids is 3. The third-order valence-electron chi connectivity index (χ3n) is 6.72. The molecule has 0 aromatic heterocycles. The summed E-state index contributed by atoms with van der Waals surface area (Å²) in [4.78, 5) is 43.9. The zero-order valence-corrected chi connectivity index (χ0v) is 18.8. The van der Waals surface area contributed by atoms with E-state index in [1.54, 1.807) is 11.0 Å². The van der Waals surface area contributed by atoms with E-state index in [9.17, 15) is 14.4 Å². The number of aryl methyl sites for hydroxylation is 2. The Labute approximate surface area is 192 Å². The zero-order valence-electron chi connectivity index (χ0n) is 18.8. The smallest absolute Gasteiger partial charge is 0.267 e. The van der Waals surface area contributed by atoms with Gasteiger partial charge in [0, 0.05) is 26.2 Å². The van der Waals surface area contributed by atoms with Gasteiger partial charge < -0.3 is 14.4 Å². The number of hydrogen-bond acceptors (Lipinski definition) is 6. The number of rotatable bonds is 3. The normalized spacial score (nSPS) is 23.2. The lowest BCUT2D eigenvalue weighted by atomic mass is 10.1. The molecule has 2 saturated heterocycles. The maximum Gasteiger partial charge on any atom is 0.267 e. The molecule has 2 aromatic carbocycles. The highest BCUT2D eigenvalue weighted by Crippen LogP contribution is 2.32. The summed E-state index contributed by atoms with van der Waals surface area (Å²) in [5, 5.41) is 0. The first-order chi connectivity index (χ1) is 15.9. The van der Waals surface area contributed by atoms with Crippen LogP contribution < -0.4 is 14.4 Å². The van der Waals surface area contributed by atoms with Gasteiger partial charge in [-0.15, -0.1) is 0 Å². The summed E-state index contributed by atoms with van der Waals surface area (Å²) in [6, 6.07) is 12.5. The first-order valence-electron chi connectivity index (χ1n) is 11.3. The van der Waals surface area contributed by atoms with Gasteiger partial charge in [0.15, 0.2) is 11.5 Å². The second kappa shape index (κ2) is 8.51. The van der Waals surface area contributed by atoms with Gasteiger partial charge >= 0.3 is 0 Å². The molecule has 3 aliphatic heterocycles. The van der Waals surface area contributed by atoms with Crippen LogP contribution in [-0.2, 0) is 14.4 Å². The summed E-state index contributed by atoms with van der Waals surface area (Å²) in [5.74, 6) is 0.725. The number of carbonyl (C=O) groups is 3. The van der Waals surface area contributed by atoms with Gasteiger partial charge in [-0.2, -0.15) is 0 Å². The summed E-state index contributed by atoms with van der Waals surface area (Å²) in [6.45, 7) is 6.15. The van der Waals surface area contributed by atoms with E-state index in [4.69, 9.17) is 9.47 Å². The minimum absolute atomic E-state index is 0.116. The molecule has 0 spiro atoms. The first kappa shape index (κ1) is 21.5. The Bertz CT molecular complexity index is 1110. The van der Waals surface area contributed by atoms with E-state index in [1.807, 2.05) is 55.1 Å². The Morgan fingerprint density at radius 3 is 2.39 bits per heavy atom. The number of ether oxygens (including phenoxy) is 2. The minimum atomic E-state index is -0.679. The molecule has 8 heteroatoms. The summed E-state index contributed by atoms with van der Waals surface area (Å²) in [6.07, 6.45) is -0.516. The van der Waals surface area contributed by atoms with Gasteiger partial charge in [-0.3, -0.25) is 19.3 Å². The lowest BCUT2D eigenvalue weighted by Gasteiger charge is -2.38. The van der Waals surface area contributed by atoms with Crippen LogP contribution in [0.4, 0.5) is 5.69 Å². The summed E-state index contributed by atoms with van der Waals surface area (Å²) < 4.78 is 11.5. The molecule has 0 unspecified atom stereocenters. The van der Waals surface area contributed by atoms with Crippen molar-refractivity contribution in [1.29, 1.82) is 0 Å². The van der Waals surface area contributed by atoms with Crippen molar-refractivity contribution in [3.05, 3.63) is 53.6 Å². The topological polar surface area (TPSA) is 79.4 Å². The molecule has 172 valence electrons. The third-order valence-corrected chi connectivity index (χ3v) is 6.72. The summed E-state index contributed by atoms with van der Waals surface area (Å²) in [5.41, 5.74) is 2.78. The fourth-order valence-corrected chi connectivity index (χ4v) is 4.64. The molecule has 0 radical (unpaired) electrons. The molecule has 3 amide bonds. The molecule has 2 fully saturated rings. The zero-order chi connectivity index (χ0) is 23.1. The predicted molar refractivity (Wildman–Crippen MR) is 121 cm³/mol. The van der Waals surface area contributed by atoms with Crippen molar-refractivity contribution in [3.8, 4) is 11.5 Å². The number of hydrogen-bond donors (Lipinski definition) is 0. The lowest BCUT2D eigenvalue weighted by molar-refractivity contribution is -0.143. The molecule has 0 N–H and O–H groups in total. The lowest BCUT2D eigenvalue weighted by Crippen LogP contribution is -2.57. The fraction of sp³-hybridized carbons (Fsp3) is 0.400. The molecule has 3 aliphatic rings. The molecule has 0 saturated carbocycles. The Morgan fingerprint density at radius 2 is 1.67 bits per heavy atom. The van der Waals surface area contributed by atoms with Crippen LogP contribution in [0.5, 0.6) is 11.5 Å². The Morgan fingerprint density at radius 1 is 0.939 bits per heavy atom. The van der Waals surface area contributed by atoms with E-state index >= 15 is 0 Å². The van der Waals surface area contributed by atoms with E-state index < -0.39 is 12.1 Å². The molecular weight excluding hydrogens is 422 g/mol. The van der Waals surface area contributed by atoms with Crippen molar-refractivity contribution in [2.75, 3.05) is 37.7 Å². The van der Waals surface area contributed by atoms with Gasteiger partial charge in [0.25, 0.3) is 11.8 Å². The summed E-state index contributed by atoms with van der Waals surface area (Å²) >= 11 is 0. The molecular formula is C25H27N3O5. The van der Waals surface area contributed by atoms with Crippen LogP contribution in [0.2, 0.25) is 0 Å². The molecule has 3 heterocycles. The average Bonchev–Trinajstić information content (AvgIpc) is 3.14. The van der Waals surface area contributed by atoms with E-state index in [0.717, 1.165) is 11.1 Å². The molecule has 5 rings (SSSR count). The molecule has 0 aliphatic carbocycles. The highest BCUT2D eigenvalue weighted by Gasteiger charge is 2.44. The monoisotopic (exact) mass is 449 g/mol. The van der Waals surface area contributed by atoms with Gasteiger partial charge in [0.2, 0.25) is 12.0 Å². The van der Waals surface area contributed by atoms with Crippen LogP contribution >= 0.6 is 0 Å². The largest absolute Gasteiger partial charge is 0.485 e. The maximum absolute atomic E-state index is 13.1. The molecule has 33 heavy (non-hydrogen) atoms. The van der Waals surface area contributed by atoms with E-state index in [-0.39, 0.29) is 30.7 Å². The second-order valence-electron chi connectivity index (χ2n) is 8.78. The van der Waals surface area contributed by atoms with Gasteiger partial charge in [0.1, 0.15) is 6.61 Å². The maximum atomic E-state index is 13.1. The van der Waals surface area contributed by atoms with Crippen LogP contribution in [0, 0.1) is 13.8 Å². The highest BCUT2D eigenvalue weighted by molar-refractivity contribution is 6.22. The first-order valence-corrected chi connectivity index (χ1v) is 11.3. The van der Waals surface area contributed by atoms with E-state index in [2.05, 4.69) is 0 Å². The molecule has 2 aromatic rings. The highest BCUT2D eigenvalue weighted by atomic mass is 16.6. The van der Waals surface area contributed by atoms with Crippen LogP contribution in [0.15, 0.2) is 42.5 Å². The van der Waals surface area contributed by atoms with Crippen molar-refractivity contribution in [3.63, 3.8) is 0 Å².